The number of nitrogens with one attached hydrogen (secondary N) is 1. The molecule has 8 nitrogen and oxygen atoms in total. The number of aromatic nitrogens is 2. The Kier molecular flexibility index (Phi) is 5.02. The number of hydrogen-bond donors (Lipinski definition) is 1. The number of ether oxygens (including phenoxy) is 2. The number of nitrogens with zero attached hydrogens (tertiary/aromatic N) is 2. The van der Waals surface area contributed by atoms with Crippen molar-refractivity contribution in [1.82, 2.24) is 14.9 Å². The minimum absolute atomic E-state index is 0.0349. The van der Waals surface area contributed by atoms with E-state index in [9.17, 15) is 8.42 Å². The van der Waals surface area contributed by atoms with E-state index in [1.165, 1.54) is 37.7 Å². The van der Waals surface area contributed by atoms with Gasteiger partial charge in [0.2, 0.25) is 15.9 Å². The van der Waals surface area contributed by atoms with E-state index in [1.807, 2.05) is 17.5 Å². The van der Waals surface area contributed by atoms with Gasteiger partial charge in [0.25, 0.3) is 5.89 Å². The summed E-state index contributed by atoms with van der Waals surface area (Å²) in [7, 11) is -1.01. The molecule has 0 aliphatic rings. The van der Waals surface area contributed by atoms with Gasteiger partial charge in [-0.15, -0.1) is 21.5 Å². The average Bonchev–Trinajstić information content (AvgIpc) is 3.30. The Morgan fingerprint density at radius 2 is 2.04 bits per heavy atom. The third-order valence-electron chi connectivity index (χ3n) is 3.27. The van der Waals surface area contributed by atoms with Gasteiger partial charge in [0, 0.05) is 6.07 Å². The lowest BCUT2D eigenvalue weighted by Crippen LogP contribution is -2.24. The molecule has 10 heteroatoms. The molecule has 0 saturated carbocycles. The number of hydrogen-bond acceptors (Lipinski definition) is 8. The first-order valence-corrected chi connectivity index (χ1v) is 9.47. The van der Waals surface area contributed by atoms with Crippen molar-refractivity contribution in [2.24, 2.45) is 0 Å². The molecule has 0 spiro atoms. The zero-order chi connectivity index (χ0) is 17.9. The third-order valence-corrected chi connectivity index (χ3v) is 5.55. The second-order valence-corrected chi connectivity index (χ2v) is 7.50. The summed E-state index contributed by atoms with van der Waals surface area (Å²) in [5.74, 6) is 1.12. The van der Waals surface area contributed by atoms with Crippen LogP contribution in [-0.2, 0) is 16.6 Å². The molecule has 0 radical (unpaired) electrons. The van der Waals surface area contributed by atoms with Crippen LogP contribution in [0.1, 0.15) is 5.89 Å². The van der Waals surface area contributed by atoms with Crippen molar-refractivity contribution >= 4 is 21.4 Å². The molecule has 25 heavy (non-hydrogen) atoms. The van der Waals surface area contributed by atoms with Crippen molar-refractivity contribution in [2.75, 3.05) is 14.2 Å². The fourth-order valence-corrected chi connectivity index (χ4v) is 3.85. The fraction of sp³-hybridized carbons (Fsp3) is 0.200. The van der Waals surface area contributed by atoms with E-state index in [0.29, 0.717) is 11.6 Å². The Labute approximate surface area is 148 Å². The highest BCUT2D eigenvalue weighted by Crippen LogP contribution is 2.28. The van der Waals surface area contributed by atoms with Gasteiger partial charge in [-0.25, -0.2) is 13.1 Å². The van der Waals surface area contributed by atoms with E-state index in [2.05, 4.69) is 14.9 Å². The number of sulfonamides is 1. The first kappa shape index (κ1) is 17.4. The lowest BCUT2D eigenvalue weighted by Gasteiger charge is -2.11. The normalized spacial score (nSPS) is 11.4. The lowest BCUT2D eigenvalue weighted by molar-refractivity contribution is 0.391. The van der Waals surface area contributed by atoms with Crippen molar-refractivity contribution < 1.29 is 22.3 Å². The highest BCUT2D eigenvalue weighted by atomic mass is 32.2. The molecule has 0 aliphatic heterocycles. The van der Waals surface area contributed by atoms with E-state index >= 15 is 0 Å². The smallest absolute Gasteiger partial charge is 0.257 e. The van der Waals surface area contributed by atoms with Gasteiger partial charge in [-0.1, -0.05) is 6.07 Å². The van der Waals surface area contributed by atoms with Crippen molar-refractivity contribution in [3.8, 4) is 22.3 Å². The second-order valence-electron chi connectivity index (χ2n) is 4.82. The van der Waals surface area contributed by atoms with Crippen LogP contribution < -0.4 is 14.2 Å². The van der Waals surface area contributed by atoms with Crippen molar-refractivity contribution in [2.45, 2.75) is 11.4 Å². The first-order valence-electron chi connectivity index (χ1n) is 7.11. The van der Waals surface area contributed by atoms with Crippen molar-refractivity contribution in [3.05, 3.63) is 41.6 Å². The maximum absolute atomic E-state index is 12.6. The number of benzene rings is 1. The molecule has 2 aromatic heterocycles. The summed E-state index contributed by atoms with van der Waals surface area (Å²) in [6.07, 6.45) is 0. The van der Waals surface area contributed by atoms with Crippen LogP contribution in [0.4, 0.5) is 0 Å². The van der Waals surface area contributed by atoms with Gasteiger partial charge in [0.1, 0.15) is 16.4 Å². The summed E-state index contributed by atoms with van der Waals surface area (Å²) < 4.78 is 43.2. The fourth-order valence-electron chi connectivity index (χ4n) is 2.05. The monoisotopic (exact) mass is 381 g/mol. The Balaban J connectivity index is 1.78. The largest absolute Gasteiger partial charge is 0.497 e. The van der Waals surface area contributed by atoms with Crippen molar-refractivity contribution in [1.29, 1.82) is 0 Å². The van der Waals surface area contributed by atoms with Crippen LogP contribution >= 0.6 is 11.3 Å². The Morgan fingerprint density at radius 1 is 1.20 bits per heavy atom. The predicted molar refractivity (Wildman–Crippen MR) is 91.2 cm³/mol. The average molecular weight is 381 g/mol. The van der Waals surface area contributed by atoms with Crippen LogP contribution in [0.2, 0.25) is 0 Å². The molecule has 0 unspecified atom stereocenters. The molecule has 0 atom stereocenters. The van der Waals surface area contributed by atoms with Gasteiger partial charge >= 0.3 is 0 Å². The summed E-state index contributed by atoms with van der Waals surface area (Å²) in [6.45, 7) is -0.138. The summed E-state index contributed by atoms with van der Waals surface area (Å²) in [5, 5.41) is 9.65. The Bertz CT molecular complexity index is 951. The molecular weight excluding hydrogens is 366 g/mol. The molecule has 0 fully saturated rings. The maximum atomic E-state index is 12.6. The quantitative estimate of drug-likeness (QED) is 0.669. The van der Waals surface area contributed by atoms with E-state index in [4.69, 9.17) is 13.9 Å². The molecule has 0 bridgehead atoms. The van der Waals surface area contributed by atoms with Gasteiger partial charge in [-0.05, 0) is 23.6 Å². The zero-order valence-electron chi connectivity index (χ0n) is 13.4. The van der Waals surface area contributed by atoms with Gasteiger partial charge in [-0.3, -0.25) is 0 Å². The molecule has 3 aromatic rings. The molecule has 1 N–H and O–H groups in total. The first-order chi connectivity index (χ1) is 12.0. The van der Waals surface area contributed by atoms with Gasteiger partial charge in [0.15, 0.2) is 0 Å². The van der Waals surface area contributed by atoms with E-state index in [-0.39, 0.29) is 23.1 Å². The summed E-state index contributed by atoms with van der Waals surface area (Å²) in [6, 6.07) is 8.22. The summed E-state index contributed by atoms with van der Waals surface area (Å²) in [4.78, 5) is 0.781. The maximum Gasteiger partial charge on any atom is 0.257 e. The summed E-state index contributed by atoms with van der Waals surface area (Å²) >= 11 is 1.45. The Morgan fingerprint density at radius 3 is 2.72 bits per heavy atom. The molecule has 132 valence electrons. The number of rotatable bonds is 7. The molecular formula is C15H15N3O5S2. The van der Waals surface area contributed by atoms with E-state index in [1.54, 1.807) is 6.07 Å². The zero-order valence-corrected chi connectivity index (χ0v) is 15.1. The molecule has 0 saturated heterocycles. The van der Waals surface area contributed by atoms with Crippen LogP contribution in [-0.4, -0.2) is 32.8 Å². The number of methoxy groups -OCH3 is 2. The van der Waals surface area contributed by atoms with Crippen LogP contribution in [0, 0.1) is 0 Å². The third kappa shape index (κ3) is 3.81. The highest BCUT2D eigenvalue weighted by Gasteiger charge is 2.21. The molecule has 1 aromatic carbocycles. The van der Waals surface area contributed by atoms with Crippen LogP contribution in [0.3, 0.4) is 0 Å². The molecule has 2 heterocycles. The molecule has 0 aliphatic carbocycles. The summed E-state index contributed by atoms with van der Waals surface area (Å²) in [5.41, 5.74) is 0. The Hall–Kier alpha value is -2.43. The minimum atomic E-state index is -3.86. The van der Waals surface area contributed by atoms with Crippen LogP contribution in [0.25, 0.3) is 10.8 Å². The SMILES string of the molecule is COc1ccc(OC)c(S(=O)(=O)NCc2nnc(-c3cccs3)o2)c1. The van der Waals surface area contributed by atoms with Gasteiger partial charge < -0.3 is 13.9 Å². The molecule has 0 amide bonds. The van der Waals surface area contributed by atoms with E-state index in [0.717, 1.165) is 4.88 Å². The predicted octanol–water partition coefficient (Wildman–Crippen LogP) is 2.29. The van der Waals surface area contributed by atoms with Gasteiger partial charge in [0.05, 0.1) is 25.6 Å². The van der Waals surface area contributed by atoms with Gasteiger partial charge in [-0.2, -0.15) is 0 Å². The second kappa shape index (κ2) is 7.21. The lowest BCUT2D eigenvalue weighted by atomic mass is 10.3. The van der Waals surface area contributed by atoms with Crippen molar-refractivity contribution in [3.63, 3.8) is 0 Å². The van der Waals surface area contributed by atoms with Crippen LogP contribution in [0.5, 0.6) is 11.5 Å². The topological polar surface area (TPSA) is 104 Å². The minimum Gasteiger partial charge on any atom is -0.497 e. The van der Waals surface area contributed by atoms with Crippen LogP contribution in [0.15, 0.2) is 45.0 Å². The standard InChI is InChI=1S/C15H15N3O5S2/c1-21-10-5-6-11(22-2)13(8-10)25(19,20)16-9-14-17-18-15(23-14)12-4-3-7-24-12/h3-8,16H,9H2,1-2H3. The highest BCUT2D eigenvalue weighted by molar-refractivity contribution is 7.89. The van der Waals surface area contributed by atoms with E-state index < -0.39 is 10.0 Å². The number of thiophene rings is 1. The molecule has 3 rings (SSSR count).